The van der Waals surface area contributed by atoms with Crippen molar-refractivity contribution in [2.45, 2.75) is 63.4 Å². The zero-order valence-electron chi connectivity index (χ0n) is 21.9. The first kappa shape index (κ1) is 26.5. The lowest BCUT2D eigenvalue weighted by Crippen LogP contribution is -2.41. The molecule has 4 aromatic rings. The number of benzene rings is 2. The number of sulfonamides is 1. The largest absolute Gasteiger partial charge is 0.279 e. The zero-order valence-corrected chi connectivity index (χ0v) is 23.5. The fraction of sp³-hybridized carbons (Fsp3) is 0.345. The van der Waals surface area contributed by atoms with Crippen molar-refractivity contribution >= 4 is 42.6 Å². The number of aromatic nitrogens is 2. The number of fused-ring (bicyclic) bond motifs is 1. The molecule has 198 valence electrons. The molecule has 1 saturated heterocycles. The number of hydrogen-bond acceptors (Lipinski definition) is 6. The van der Waals surface area contributed by atoms with Crippen molar-refractivity contribution in [3.05, 3.63) is 83.7 Å². The van der Waals surface area contributed by atoms with Crippen LogP contribution in [0.3, 0.4) is 0 Å². The van der Waals surface area contributed by atoms with E-state index in [4.69, 9.17) is 4.98 Å². The van der Waals surface area contributed by atoms with Crippen LogP contribution in [0.2, 0.25) is 0 Å². The van der Waals surface area contributed by atoms with Gasteiger partial charge >= 0.3 is 0 Å². The number of hydrogen-bond donors (Lipinski definition) is 0. The molecule has 0 saturated carbocycles. The van der Waals surface area contributed by atoms with E-state index in [-0.39, 0.29) is 16.8 Å². The quantitative estimate of drug-likeness (QED) is 0.274. The molecule has 1 atom stereocenters. The second-order valence-electron chi connectivity index (χ2n) is 10.1. The minimum atomic E-state index is -3.62. The van der Waals surface area contributed by atoms with Gasteiger partial charge in [0.25, 0.3) is 5.91 Å². The van der Waals surface area contributed by atoms with Crippen LogP contribution < -0.4 is 4.90 Å². The monoisotopic (exact) mass is 548 g/mol. The molecule has 1 amide bonds. The van der Waals surface area contributed by atoms with Gasteiger partial charge < -0.3 is 0 Å². The Kier molecular flexibility index (Phi) is 7.61. The van der Waals surface area contributed by atoms with Crippen LogP contribution in [0.5, 0.6) is 0 Å². The Labute approximate surface area is 228 Å². The lowest BCUT2D eigenvalue weighted by atomic mass is 10.0. The predicted molar refractivity (Wildman–Crippen MR) is 152 cm³/mol. The fourth-order valence-electron chi connectivity index (χ4n) is 4.93. The van der Waals surface area contributed by atoms with Gasteiger partial charge in [-0.05, 0) is 73.2 Å². The number of carbonyl (C=O) groups is 1. The van der Waals surface area contributed by atoms with Gasteiger partial charge in [0.1, 0.15) is 0 Å². The summed E-state index contributed by atoms with van der Waals surface area (Å²) in [6.45, 7) is 7.04. The van der Waals surface area contributed by atoms with Crippen molar-refractivity contribution in [1.82, 2.24) is 14.3 Å². The highest BCUT2D eigenvalue weighted by Gasteiger charge is 2.31. The van der Waals surface area contributed by atoms with Crippen LogP contribution >= 0.6 is 11.3 Å². The summed E-state index contributed by atoms with van der Waals surface area (Å²) in [5.74, 6) is 0.0579. The summed E-state index contributed by atoms with van der Waals surface area (Å²) in [4.78, 5) is 24.8. The summed E-state index contributed by atoms with van der Waals surface area (Å²) < 4.78 is 29.2. The highest BCUT2D eigenvalue weighted by atomic mass is 32.2. The number of rotatable bonds is 7. The SMILES string of the molecule is CC(C)c1cccc2sc(N(Cc3cccnc3)C(=O)c3ccc(S(=O)(=O)N4CCCCC4C)cc3)nc12. The number of pyridine rings is 1. The van der Waals surface area contributed by atoms with Crippen molar-refractivity contribution in [2.24, 2.45) is 0 Å². The molecule has 3 heterocycles. The van der Waals surface area contributed by atoms with Gasteiger partial charge in [-0.15, -0.1) is 0 Å². The van der Waals surface area contributed by atoms with E-state index in [2.05, 4.69) is 24.9 Å². The maximum Gasteiger partial charge on any atom is 0.260 e. The molecule has 2 aromatic carbocycles. The summed E-state index contributed by atoms with van der Waals surface area (Å²) in [5.41, 5.74) is 3.33. The summed E-state index contributed by atoms with van der Waals surface area (Å²) in [6, 6.07) is 16.2. The Bertz CT molecular complexity index is 1530. The van der Waals surface area contributed by atoms with Crippen LogP contribution in [0, 0.1) is 0 Å². The standard InChI is InChI=1S/C29H32N4O3S2/c1-20(2)25-10-6-11-26-27(25)31-29(37-26)32(19-22-9-7-16-30-18-22)28(34)23-12-14-24(15-13-23)38(35,36)33-17-5-4-8-21(33)3/h6-7,9-16,18,20-21H,4-5,8,17,19H2,1-3H3. The molecule has 1 aliphatic rings. The van der Waals surface area contributed by atoms with E-state index >= 15 is 0 Å². The summed E-state index contributed by atoms with van der Waals surface area (Å²) in [7, 11) is -3.62. The Morgan fingerprint density at radius 1 is 1.11 bits per heavy atom. The first-order valence-corrected chi connectivity index (χ1v) is 15.2. The van der Waals surface area contributed by atoms with Gasteiger partial charge in [0.05, 0.1) is 21.7 Å². The van der Waals surface area contributed by atoms with Crippen molar-refractivity contribution < 1.29 is 13.2 Å². The van der Waals surface area contributed by atoms with Crippen LogP contribution in [0.15, 0.2) is 71.9 Å². The molecule has 0 radical (unpaired) electrons. The van der Waals surface area contributed by atoms with E-state index in [0.717, 1.165) is 40.6 Å². The minimum Gasteiger partial charge on any atom is -0.279 e. The van der Waals surface area contributed by atoms with Crippen LogP contribution in [0.1, 0.15) is 67.4 Å². The second kappa shape index (κ2) is 10.9. The molecule has 0 bridgehead atoms. The molecule has 1 fully saturated rings. The van der Waals surface area contributed by atoms with Gasteiger partial charge in [0.2, 0.25) is 10.0 Å². The van der Waals surface area contributed by atoms with Crippen LogP contribution in [0.25, 0.3) is 10.2 Å². The van der Waals surface area contributed by atoms with E-state index in [9.17, 15) is 13.2 Å². The second-order valence-corrected chi connectivity index (χ2v) is 13.0. The third kappa shape index (κ3) is 5.23. The number of nitrogens with zero attached hydrogens (tertiary/aromatic N) is 4. The number of para-hydroxylation sites is 1. The minimum absolute atomic E-state index is 0.0280. The molecular weight excluding hydrogens is 516 g/mol. The normalized spacial score (nSPS) is 16.7. The van der Waals surface area contributed by atoms with Crippen molar-refractivity contribution in [3.63, 3.8) is 0 Å². The maximum absolute atomic E-state index is 13.9. The number of carbonyl (C=O) groups excluding carboxylic acids is 1. The summed E-state index contributed by atoms with van der Waals surface area (Å²) in [5, 5.41) is 0.598. The molecule has 1 unspecified atom stereocenters. The first-order chi connectivity index (χ1) is 18.3. The predicted octanol–water partition coefficient (Wildman–Crippen LogP) is 6.22. The number of anilines is 1. The van der Waals surface area contributed by atoms with E-state index in [1.807, 2.05) is 31.2 Å². The topological polar surface area (TPSA) is 83.5 Å². The number of thiazole rings is 1. The first-order valence-electron chi connectivity index (χ1n) is 13.0. The van der Waals surface area contributed by atoms with Gasteiger partial charge in [-0.2, -0.15) is 4.31 Å². The molecule has 0 N–H and O–H groups in total. The van der Waals surface area contributed by atoms with Crippen LogP contribution in [0.4, 0.5) is 5.13 Å². The van der Waals surface area contributed by atoms with Crippen LogP contribution in [-0.4, -0.2) is 41.2 Å². The van der Waals surface area contributed by atoms with Gasteiger partial charge in [-0.3, -0.25) is 14.7 Å². The van der Waals surface area contributed by atoms with E-state index in [1.54, 1.807) is 45.9 Å². The molecule has 1 aliphatic heterocycles. The molecule has 9 heteroatoms. The number of piperidine rings is 1. The van der Waals surface area contributed by atoms with Crippen molar-refractivity contribution in [3.8, 4) is 0 Å². The van der Waals surface area contributed by atoms with Gasteiger partial charge in [-0.25, -0.2) is 13.4 Å². The molecule has 0 spiro atoms. The highest BCUT2D eigenvalue weighted by Crippen LogP contribution is 2.35. The average Bonchev–Trinajstić information content (AvgIpc) is 3.36. The zero-order chi connectivity index (χ0) is 26.9. The lowest BCUT2D eigenvalue weighted by molar-refractivity contribution is 0.0985. The van der Waals surface area contributed by atoms with Crippen molar-refractivity contribution in [1.29, 1.82) is 0 Å². The highest BCUT2D eigenvalue weighted by molar-refractivity contribution is 7.89. The summed E-state index contributed by atoms with van der Waals surface area (Å²) >= 11 is 1.48. The third-order valence-corrected chi connectivity index (χ3v) is 10.1. The van der Waals surface area contributed by atoms with E-state index in [0.29, 0.717) is 29.7 Å². The van der Waals surface area contributed by atoms with E-state index < -0.39 is 10.0 Å². The summed E-state index contributed by atoms with van der Waals surface area (Å²) in [6.07, 6.45) is 6.20. The molecule has 0 aliphatic carbocycles. The Balaban J connectivity index is 1.49. The van der Waals surface area contributed by atoms with Crippen LogP contribution in [-0.2, 0) is 16.6 Å². The fourth-order valence-corrected chi connectivity index (χ4v) is 7.63. The van der Waals surface area contributed by atoms with Gasteiger partial charge in [0, 0.05) is 30.5 Å². The third-order valence-electron chi connectivity index (χ3n) is 7.05. The average molecular weight is 549 g/mol. The Hall–Kier alpha value is -3.14. The van der Waals surface area contributed by atoms with Gasteiger partial charge in [-0.1, -0.05) is 49.8 Å². The molecule has 7 nitrogen and oxygen atoms in total. The molecule has 2 aromatic heterocycles. The lowest BCUT2D eigenvalue weighted by Gasteiger charge is -2.32. The maximum atomic E-state index is 13.9. The molecular formula is C29H32N4O3S2. The van der Waals surface area contributed by atoms with E-state index in [1.165, 1.54) is 11.3 Å². The molecule has 38 heavy (non-hydrogen) atoms. The smallest absolute Gasteiger partial charge is 0.260 e. The molecule has 5 rings (SSSR count). The van der Waals surface area contributed by atoms with Gasteiger partial charge in [0.15, 0.2) is 5.13 Å². The number of amides is 1. The Morgan fingerprint density at radius 2 is 1.89 bits per heavy atom. The van der Waals surface area contributed by atoms with Crippen molar-refractivity contribution in [2.75, 3.05) is 11.4 Å². The Morgan fingerprint density at radius 3 is 2.58 bits per heavy atom.